The summed E-state index contributed by atoms with van der Waals surface area (Å²) in [4.78, 5) is 0. The van der Waals surface area contributed by atoms with Crippen LogP contribution in [0.1, 0.15) is 58.4 Å². The minimum absolute atomic E-state index is 0.295. The number of aryl methyl sites for hydroxylation is 1. The highest BCUT2D eigenvalue weighted by Gasteiger charge is 2.27. The lowest BCUT2D eigenvalue weighted by atomic mass is 10.1. The molecule has 1 rings (SSSR count). The van der Waals surface area contributed by atoms with Gasteiger partial charge in [0.2, 0.25) is 0 Å². The molecule has 0 saturated heterocycles. The summed E-state index contributed by atoms with van der Waals surface area (Å²) in [6, 6.07) is 5.75. The maximum atomic E-state index is 12.0. The van der Waals surface area contributed by atoms with Crippen LogP contribution in [0, 0.1) is 0 Å². The van der Waals surface area contributed by atoms with Crippen molar-refractivity contribution in [2.45, 2.75) is 64.0 Å². The van der Waals surface area contributed by atoms with Crippen LogP contribution in [0.15, 0.2) is 18.2 Å². The predicted octanol–water partition coefficient (Wildman–Crippen LogP) is 5.70. The number of benzene rings is 1. The van der Waals surface area contributed by atoms with Crippen molar-refractivity contribution in [2.75, 3.05) is 5.75 Å². The molecule has 0 unspecified atom stereocenters. The summed E-state index contributed by atoms with van der Waals surface area (Å²) in [6.07, 6.45) is 5.97. The van der Waals surface area contributed by atoms with Crippen molar-refractivity contribution in [3.05, 3.63) is 33.8 Å². The number of unbranched alkanes of at least 4 members (excludes halogenated alkanes) is 4. The average molecular weight is 365 g/mol. The van der Waals surface area contributed by atoms with Gasteiger partial charge in [0.25, 0.3) is 0 Å². The number of hydrogen-bond donors (Lipinski definition) is 0. The van der Waals surface area contributed by atoms with Gasteiger partial charge in [-0.2, -0.15) is 0 Å². The van der Waals surface area contributed by atoms with Crippen molar-refractivity contribution < 1.29 is 8.42 Å². The third-order valence-electron chi connectivity index (χ3n) is 3.80. The maximum Gasteiger partial charge on any atom is 0.155 e. The van der Waals surface area contributed by atoms with Crippen LogP contribution in [-0.4, -0.2) is 18.9 Å². The zero-order valence-electron chi connectivity index (χ0n) is 13.7. The second-order valence-electron chi connectivity index (χ2n) is 6.70. The molecule has 0 bridgehead atoms. The molecular weight excluding hydrogens is 339 g/mol. The molecule has 0 spiro atoms. The van der Waals surface area contributed by atoms with Crippen molar-refractivity contribution in [3.8, 4) is 0 Å². The van der Waals surface area contributed by atoms with Gasteiger partial charge in [0.05, 0.1) is 20.5 Å². The van der Waals surface area contributed by atoms with Gasteiger partial charge in [-0.15, -0.1) is 0 Å². The van der Waals surface area contributed by atoms with Crippen LogP contribution in [0.4, 0.5) is 0 Å². The van der Waals surface area contributed by atoms with E-state index in [9.17, 15) is 8.42 Å². The molecule has 0 N–H and O–H groups in total. The first kappa shape index (κ1) is 19.8. The van der Waals surface area contributed by atoms with Gasteiger partial charge in [-0.25, -0.2) is 8.42 Å². The van der Waals surface area contributed by atoms with Gasteiger partial charge in [-0.05, 0) is 57.7 Å². The molecule has 1 aromatic rings. The Kier molecular flexibility index (Phi) is 7.70. The highest BCUT2D eigenvalue weighted by molar-refractivity contribution is 7.92. The minimum Gasteiger partial charge on any atom is -0.228 e. The second kappa shape index (κ2) is 8.56. The van der Waals surface area contributed by atoms with E-state index >= 15 is 0 Å². The Morgan fingerprint density at radius 2 is 1.50 bits per heavy atom. The van der Waals surface area contributed by atoms with Gasteiger partial charge < -0.3 is 0 Å². The lowest BCUT2D eigenvalue weighted by Gasteiger charge is -2.18. The normalized spacial score (nSPS) is 12.6. The van der Waals surface area contributed by atoms with Crippen LogP contribution in [0.5, 0.6) is 0 Å². The predicted molar refractivity (Wildman–Crippen MR) is 96.8 cm³/mol. The Hall–Kier alpha value is -0.250. The van der Waals surface area contributed by atoms with Gasteiger partial charge in [-0.1, -0.05) is 48.5 Å². The molecule has 0 aliphatic rings. The van der Waals surface area contributed by atoms with E-state index in [0.29, 0.717) is 15.8 Å². The summed E-state index contributed by atoms with van der Waals surface area (Å²) >= 11 is 11.9. The third kappa shape index (κ3) is 6.47. The molecule has 0 saturated carbocycles. The zero-order chi connectivity index (χ0) is 16.8. The van der Waals surface area contributed by atoms with E-state index in [1.807, 2.05) is 18.2 Å². The number of sulfone groups is 1. The van der Waals surface area contributed by atoms with E-state index in [2.05, 4.69) is 0 Å². The Bertz CT molecular complexity index is 575. The topological polar surface area (TPSA) is 34.1 Å². The van der Waals surface area contributed by atoms with Crippen LogP contribution >= 0.6 is 23.2 Å². The van der Waals surface area contributed by atoms with E-state index in [4.69, 9.17) is 23.2 Å². The molecule has 0 fully saturated rings. The largest absolute Gasteiger partial charge is 0.228 e. The first-order valence-corrected chi connectivity index (χ1v) is 10.2. The summed E-state index contributed by atoms with van der Waals surface area (Å²) in [6.45, 7) is 5.29. The van der Waals surface area contributed by atoms with Crippen LogP contribution in [-0.2, 0) is 16.3 Å². The lowest BCUT2D eigenvalue weighted by Crippen LogP contribution is -2.30. The van der Waals surface area contributed by atoms with Crippen LogP contribution < -0.4 is 0 Å². The van der Waals surface area contributed by atoms with Crippen LogP contribution in [0.3, 0.4) is 0 Å². The molecule has 0 amide bonds. The molecule has 5 heteroatoms. The maximum absolute atomic E-state index is 12.0. The van der Waals surface area contributed by atoms with Crippen molar-refractivity contribution in [1.29, 1.82) is 0 Å². The monoisotopic (exact) mass is 364 g/mol. The number of hydrogen-bond acceptors (Lipinski definition) is 2. The highest BCUT2D eigenvalue weighted by Crippen LogP contribution is 2.23. The highest BCUT2D eigenvalue weighted by atomic mass is 35.5. The standard InChI is InChI=1S/C17H26Cl2O2S/c1-17(2,3)22(20,21)12-8-6-4-5-7-9-14-10-11-15(18)16(19)13-14/h10-11,13H,4-9,12H2,1-3H3. The van der Waals surface area contributed by atoms with E-state index in [1.165, 1.54) is 5.56 Å². The molecule has 0 aliphatic heterocycles. The fourth-order valence-electron chi connectivity index (χ4n) is 2.15. The summed E-state index contributed by atoms with van der Waals surface area (Å²) in [5, 5.41) is 1.19. The fourth-order valence-corrected chi connectivity index (χ4v) is 3.67. The van der Waals surface area contributed by atoms with Crippen LogP contribution in [0.25, 0.3) is 0 Å². The van der Waals surface area contributed by atoms with E-state index in [0.717, 1.165) is 38.5 Å². The van der Waals surface area contributed by atoms with Crippen molar-refractivity contribution in [3.63, 3.8) is 0 Å². The second-order valence-corrected chi connectivity index (χ2v) is 10.4. The lowest BCUT2D eigenvalue weighted by molar-refractivity contribution is 0.552. The molecule has 22 heavy (non-hydrogen) atoms. The van der Waals surface area contributed by atoms with Gasteiger partial charge in [0.15, 0.2) is 9.84 Å². The smallest absolute Gasteiger partial charge is 0.155 e. The molecule has 0 atom stereocenters. The third-order valence-corrected chi connectivity index (χ3v) is 7.23. The van der Waals surface area contributed by atoms with Gasteiger partial charge in [0, 0.05) is 0 Å². The van der Waals surface area contributed by atoms with E-state index < -0.39 is 14.6 Å². The van der Waals surface area contributed by atoms with Crippen molar-refractivity contribution in [2.24, 2.45) is 0 Å². The molecule has 2 nitrogen and oxygen atoms in total. The summed E-state index contributed by atoms with van der Waals surface area (Å²) in [5.41, 5.74) is 1.20. The molecule has 0 radical (unpaired) electrons. The Morgan fingerprint density at radius 1 is 0.909 bits per heavy atom. The quantitative estimate of drug-likeness (QED) is 0.554. The molecule has 126 valence electrons. The summed E-state index contributed by atoms with van der Waals surface area (Å²) in [7, 11) is -2.97. The molecule has 0 aromatic heterocycles. The first-order chi connectivity index (χ1) is 10.1. The van der Waals surface area contributed by atoms with Gasteiger partial charge >= 0.3 is 0 Å². The molecule has 0 heterocycles. The van der Waals surface area contributed by atoms with Gasteiger partial charge in [-0.3, -0.25) is 0 Å². The fraction of sp³-hybridized carbons (Fsp3) is 0.647. The first-order valence-electron chi connectivity index (χ1n) is 7.80. The number of halogens is 2. The summed E-state index contributed by atoms with van der Waals surface area (Å²) < 4.78 is 23.3. The molecule has 1 aromatic carbocycles. The average Bonchev–Trinajstić information content (AvgIpc) is 2.40. The zero-order valence-corrected chi connectivity index (χ0v) is 16.0. The van der Waals surface area contributed by atoms with Crippen LogP contribution in [0.2, 0.25) is 10.0 Å². The minimum atomic E-state index is -2.97. The van der Waals surface area contributed by atoms with E-state index in [1.54, 1.807) is 20.8 Å². The van der Waals surface area contributed by atoms with Crippen molar-refractivity contribution >= 4 is 33.0 Å². The van der Waals surface area contributed by atoms with Crippen molar-refractivity contribution in [1.82, 2.24) is 0 Å². The molecule has 0 aliphatic carbocycles. The van der Waals surface area contributed by atoms with E-state index in [-0.39, 0.29) is 0 Å². The Labute approximate surface area is 145 Å². The van der Waals surface area contributed by atoms with Gasteiger partial charge in [0.1, 0.15) is 0 Å². The molecular formula is C17H26Cl2O2S. The number of rotatable bonds is 8. The Balaban J connectivity index is 2.17. The Morgan fingerprint density at radius 3 is 2.09 bits per heavy atom. The summed E-state index contributed by atoms with van der Waals surface area (Å²) in [5.74, 6) is 0.295. The SMILES string of the molecule is CC(C)(C)S(=O)(=O)CCCCCCCc1ccc(Cl)c(Cl)c1.